The van der Waals surface area contributed by atoms with Crippen molar-refractivity contribution in [1.29, 1.82) is 0 Å². The highest BCUT2D eigenvalue weighted by molar-refractivity contribution is 6.19. The van der Waals surface area contributed by atoms with Crippen molar-refractivity contribution in [2.24, 2.45) is 0 Å². The molecule has 0 fully saturated rings. The Bertz CT molecular complexity index is 300. The van der Waals surface area contributed by atoms with E-state index in [1.807, 2.05) is 12.1 Å². The molecule has 1 rings (SSSR count). The lowest BCUT2D eigenvalue weighted by Crippen LogP contribution is -1.88. The third kappa shape index (κ3) is 3.04. The number of hydrogen-bond acceptors (Lipinski definition) is 2. The van der Waals surface area contributed by atoms with Gasteiger partial charge in [-0.15, -0.1) is 11.6 Å². The summed E-state index contributed by atoms with van der Waals surface area (Å²) in [6.07, 6.45) is 4.80. The van der Waals surface area contributed by atoms with Gasteiger partial charge in [-0.1, -0.05) is 18.6 Å². The van der Waals surface area contributed by atoms with Crippen molar-refractivity contribution in [3.63, 3.8) is 0 Å². The molecule has 0 aliphatic carbocycles. The summed E-state index contributed by atoms with van der Waals surface area (Å²) >= 11 is 5.76. The molecule has 0 N–H and O–H groups in total. The van der Waals surface area contributed by atoms with Gasteiger partial charge in [-0.25, -0.2) is 4.98 Å². The molecule has 76 valence electrons. The third-order valence-electron chi connectivity index (χ3n) is 1.96. The smallest absolute Gasteiger partial charge is 0.212 e. The van der Waals surface area contributed by atoms with E-state index in [1.54, 1.807) is 13.3 Å². The largest absolute Gasteiger partial charge is 0.481 e. The lowest BCUT2D eigenvalue weighted by Gasteiger charge is -2.00. The molecule has 0 amide bonds. The van der Waals surface area contributed by atoms with E-state index in [1.165, 1.54) is 5.57 Å². The van der Waals surface area contributed by atoms with Crippen molar-refractivity contribution >= 4 is 17.7 Å². The summed E-state index contributed by atoms with van der Waals surface area (Å²) in [4.78, 5) is 4.11. The maximum absolute atomic E-state index is 5.76. The first-order chi connectivity index (χ1) is 6.80. The van der Waals surface area contributed by atoms with Crippen LogP contribution in [0.3, 0.4) is 0 Å². The molecule has 0 unspecified atom stereocenters. The molecule has 1 aromatic heterocycles. The second-order valence-electron chi connectivity index (χ2n) is 2.92. The molecule has 2 nitrogen and oxygen atoms in total. The topological polar surface area (TPSA) is 22.1 Å². The average molecular weight is 212 g/mol. The standard InChI is InChI=1S/C11H14ClNO/c1-3-9(7-12)6-10-4-5-11(14-2)13-8-10/h4-6,8H,3,7H2,1-2H3/b9-6-. The van der Waals surface area contributed by atoms with E-state index in [-0.39, 0.29) is 0 Å². The summed E-state index contributed by atoms with van der Waals surface area (Å²) in [6.45, 7) is 2.09. The maximum Gasteiger partial charge on any atom is 0.212 e. The van der Waals surface area contributed by atoms with Crippen LogP contribution in [-0.4, -0.2) is 18.0 Å². The van der Waals surface area contributed by atoms with E-state index in [0.717, 1.165) is 12.0 Å². The Kier molecular flexibility index (Phi) is 4.47. The maximum atomic E-state index is 5.76. The fourth-order valence-corrected chi connectivity index (χ4v) is 1.33. The number of aromatic nitrogens is 1. The van der Waals surface area contributed by atoms with Gasteiger partial charge < -0.3 is 4.74 Å². The highest BCUT2D eigenvalue weighted by atomic mass is 35.5. The van der Waals surface area contributed by atoms with Gasteiger partial charge in [0.2, 0.25) is 5.88 Å². The molecular weight excluding hydrogens is 198 g/mol. The van der Waals surface area contributed by atoms with Crippen molar-refractivity contribution in [2.75, 3.05) is 13.0 Å². The molecule has 0 radical (unpaired) electrons. The SMILES string of the molecule is CC/C(=C/c1ccc(OC)nc1)CCl. The fraction of sp³-hybridized carbons (Fsp3) is 0.364. The van der Waals surface area contributed by atoms with E-state index in [0.29, 0.717) is 11.8 Å². The third-order valence-corrected chi connectivity index (χ3v) is 2.31. The summed E-state index contributed by atoms with van der Waals surface area (Å²) in [6, 6.07) is 3.81. The number of nitrogens with zero attached hydrogens (tertiary/aromatic N) is 1. The van der Waals surface area contributed by atoms with Crippen LogP contribution in [0, 0.1) is 0 Å². The van der Waals surface area contributed by atoms with E-state index >= 15 is 0 Å². The first kappa shape index (κ1) is 11.1. The lowest BCUT2D eigenvalue weighted by molar-refractivity contribution is 0.398. The first-order valence-electron chi connectivity index (χ1n) is 4.55. The minimum Gasteiger partial charge on any atom is -0.481 e. The normalized spacial score (nSPS) is 11.5. The van der Waals surface area contributed by atoms with Crippen LogP contribution in [0.1, 0.15) is 18.9 Å². The Balaban J connectivity index is 2.81. The Labute approximate surface area is 89.6 Å². The molecule has 0 saturated heterocycles. The highest BCUT2D eigenvalue weighted by Crippen LogP contribution is 2.12. The predicted molar refractivity (Wildman–Crippen MR) is 59.8 cm³/mol. The summed E-state index contributed by atoms with van der Waals surface area (Å²) in [5, 5.41) is 0. The van der Waals surface area contributed by atoms with Gasteiger partial charge in [0, 0.05) is 18.1 Å². The van der Waals surface area contributed by atoms with E-state index in [4.69, 9.17) is 16.3 Å². The molecule has 14 heavy (non-hydrogen) atoms. The van der Waals surface area contributed by atoms with E-state index < -0.39 is 0 Å². The van der Waals surface area contributed by atoms with E-state index in [9.17, 15) is 0 Å². The van der Waals surface area contributed by atoms with Crippen LogP contribution in [0.5, 0.6) is 5.88 Å². The van der Waals surface area contributed by atoms with Crippen LogP contribution in [0.4, 0.5) is 0 Å². The molecule has 0 saturated carbocycles. The van der Waals surface area contributed by atoms with E-state index in [2.05, 4.69) is 18.0 Å². The number of rotatable bonds is 4. The van der Waals surface area contributed by atoms with Crippen LogP contribution in [0.15, 0.2) is 23.9 Å². The minimum atomic E-state index is 0.572. The van der Waals surface area contributed by atoms with Crippen molar-refractivity contribution in [1.82, 2.24) is 4.98 Å². The lowest BCUT2D eigenvalue weighted by atomic mass is 10.1. The van der Waals surface area contributed by atoms with Gasteiger partial charge in [-0.2, -0.15) is 0 Å². The Morgan fingerprint density at radius 3 is 2.79 bits per heavy atom. The monoisotopic (exact) mass is 211 g/mol. The minimum absolute atomic E-state index is 0.572. The first-order valence-corrected chi connectivity index (χ1v) is 5.09. The van der Waals surface area contributed by atoms with Gasteiger partial charge in [-0.3, -0.25) is 0 Å². The Morgan fingerprint density at radius 1 is 1.57 bits per heavy atom. The van der Waals surface area contributed by atoms with Crippen molar-refractivity contribution in [3.05, 3.63) is 29.5 Å². The molecule has 1 aromatic rings. The van der Waals surface area contributed by atoms with Gasteiger partial charge in [-0.05, 0) is 18.1 Å². The number of pyridine rings is 1. The quantitative estimate of drug-likeness (QED) is 0.714. The molecule has 0 aliphatic heterocycles. The molecule has 0 atom stereocenters. The van der Waals surface area contributed by atoms with Crippen LogP contribution in [0.2, 0.25) is 0 Å². The molecule has 0 aliphatic rings. The fourth-order valence-electron chi connectivity index (χ4n) is 1.07. The molecule has 3 heteroatoms. The number of methoxy groups -OCH3 is 1. The molecular formula is C11H14ClNO. The molecule has 1 heterocycles. The zero-order valence-corrected chi connectivity index (χ0v) is 9.21. The molecule has 0 aromatic carbocycles. The summed E-state index contributed by atoms with van der Waals surface area (Å²) in [5.74, 6) is 1.20. The highest BCUT2D eigenvalue weighted by Gasteiger charge is 1.95. The number of allylic oxidation sites excluding steroid dienone is 1. The van der Waals surface area contributed by atoms with Gasteiger partial charge in [0.1, 0.15) is 0 Å². The average Bonchev–Trinajstić information content (AvgIpc) is 2.26. The molecule has 0 spiro atoms. The number of halogens is 1. The zero-order valence-electron chi connectivity index (χ0n) is 8.46. The number of ether oxygens (including phenoxy) is 1. The Hall–Kier alpha value is -1.02. The predicted octanol–water partition coefficient (Wildman–Crippen LogP) is 3.12. The van der Waals surface area contributed by atoms with Crippen molar-refractivity contribution < 1.29 is 4.74 Å². The second kappa shape index (κ2) is 5.66. The van der Waals surface area contributed by atoms with Crippen LogP contribution < -0.4 is 4.74 Å². The van der Waals surface area contributed by atoms with Crippen LogP contribution in [-0.2, 0) is 0 Å². The summed E-state index contributed by atoms with van der Waals surface area (Å²) < 4.78 is 4.97. The summed E-state index contributed by atoms with van der Waals surface area (Å²) in [5.41, 5.74) is 2.27. The van der Waals surface area contributed by atoms with Gasteiger partial charge >= 0.3 is 0 Å². The summed E-state index contributed by atoms with van der Waals surface area (Å²) in [7, 11) is 1.61. The Morgan fingerprint density at radius 2 is 2.36 bits per heavy atom. The number of hydrogen-bond donors (Lipinski definition) is 0. The van der Waals surface area contributed by atoms with Crippen LogP contribution >= 0.6 is 11.6 Å². The van der Waals surface area contributed by atoms with Crippen molar-refractivity contribution in [2.45, 2.75) is 13.3 Å². The zero-order chi connectivity index (χ0) is 10.4. The number of alkyl halides is 1. The second-order valence-corrected chi connectivity index (χ2v) is 3.19. The van der Waals surface area contributed by atoms with Gasteiger partial charge in [0.25, 0.3) is 0 Å². The van der Waals surface area contributed by atoms with Gasteiger partial charge in [0.15, 0.2) is 0 Å². The van der Waals surface area contributed by atoms with Crippen molar-refractivity contribution in [3.8, 4) is 5.88 Å². The molecule has 0 bridgehead atoms. The van der Waals surface area contributed by atoms with Crippen LogP contribution in [0.25, 0.3) is 6.08 Å². The van der Waals surface area contributed by atoms with Gasteiger partial charge in [0.05, 0.1) is 7.11 Å².